The first-order valence-electron chi connectivity index (χ1n) is 13.0. The average molecular weight is 490 g/mol. The van der Waals surface area contributed by atoms with E-state index in [0.717, 1.165) is 38.7 Å². The van der Waals surface area contributed by atoms with E-state index < -0.39 is 6.10 Å². The minimum atomic E-state index is -0.438. The molecule has 0 radical (unpaired) electrons. The van der Waals surface area contributed by atoms with Crippen LogP contribution in [0.3, 0.4) is 0 Å². The predicted octanol–water partition coefficient (Wildman–Crippen LogP) is 4.41. The zero-order valence-corrected chi connectivity index (χ0v) is 22.1. The van der Waals surface area contributed by atoms with Crippen LogP contribution in [0.25, 0.3) is 0 Å². The van der Waals surface area contributed by atoms with E-state index in [4.69, 9.17) is 18.9 Å². The molecule has 196 valence electrons. The van der Waals surface area contributed by atoms with Gasteiger partial charge >= 0.3 is 5.97 Å². The molecule has 7 nitrogen and oxygen atoms in total. The van der Waals surface area contributed by atoms with E-state index in [-0.39, 0.29) is 47.9 Å². The van der Waals surface area contributed by atoms with E-state index in [0.29, 0.717) is 5.92 Å². The number of ether oxygens (including phenoxy) is 4. The van der Waals surface area contributed by atoms with Crippen molar-refractivity contribution in [1.82, 2.24) is 5.32 Å². The van der Waals surface area contributed by atoms with E-state index in [9.17, 15) is 9.59 Å². The molecule has 3 saturated heterocycles. The van der Waals surface area contributed by atoms with Crippen molar-refractivity contribution in [1.29, 1.82) is 0 Å². The molecule has 3 rings (SSSR count). The van der Waals surface area contributed by atoms with Crippen LogP contribution in [-0.4, -0.2) is 60.6 Å². The number of allylic oxidation sites excluding steroid dienone is 2. The highest BCUT2D eigenvalue weighted by Gasteiger charge is 2.50. The first kappa shape index (κ1) is 27.6. The monoisotopic (exact) mass is 489 g/mol. The third kappa shape index (κ3) is 8.58. The smallest absolute Gasteiger partial charge is 0.303 e. The SMILES string of the molecule is CC[C@@H]1CC2(CO2)CC(/C=C/C(C)=C/CC2OC(C)C(NC(=O)/C=C\C(C)OC(C)=O)CC2C)O1. The summed E-state index contributed by atoms with van der Waals surface area (Å²) in [7, 11) is 0. The lowest BCUT2D eigenvalue weighted by Gasteiger charge is -2.39. The van der Waals surface area contributed by atoms with Gasteiger partial charge in [0.2, 0.25) is 5.91 Å². The van der Waals surface area contributed by atoms with Crippen LogP contribution in [0.15, 0.2) is 36.0 Å². The van der Waals surface area contributed by atoms with Crippen molar-refractivity contribution in [3.8, 4) is 0 Å². The lowest BCUT2D eigenvalue weighted by Crippen LogP contribution is -2.50. The first-order chi connectivity index (χ1) is 16.6. The van der Waals surface area contributed by atoms with Crippen molar-refractivity contribution < 1.29 is 28.5 Å². The molecule has 8 atom stereocenters. The summed E-state index contributed by atoms with van der Waals surface area (Å²) in [4.78, 5) is 23.3. The Kier molecular flexibility index (Phi) is 9.73. The van der Waals surface area contributed by atoms with Gasteiger partial charge in [-0.15, -0.1) is 0 Å². The van der Waals surface area contributed by atoms with Gasteiger partial charge in [0.15, 0.2) is 0 Å². The molecule has 3 fully saturated rings. The summed E-state index contributed by atoms with van der Waals surface area (Å²) in [6.07, 6.45) is 14.2. The summed E-state index contributed by atoms with van der Waals surface area (Å²) in [5.74, 6) is -0.262. The minimum absolute atomic E-state index is 0.0562. The van der Waals surface area contributed by atoms with Crippen molar-refractivity contribution >= 4 is 11.9 Å². The minimum Gasteiger partial charge on any atom is -0.459 e. The van der Waals surface area contributed by atoms with Gasteiger partial charge in [0.1, 0.15) is 6.10 Å². The van der Waals surface area contributed by atoms with Gasteiger partial charge in [-0.05, 0) is 52.0 Å². The Hall–Kier alpha value is -1.96. The molecular formula is C28H43NO6. The predicted molar refractivity (Wildman–Crippen MR) is 135 cm³/mol. The van der Waals surface area contributed by atoms with E-state index in [1.165, 1.54) is 18.6 Å². The molecule has 3 aliphatic heterocycles. The third-order valence-electron chi connectivity index (χ3n) is 7.21. The van der Waals surface area contributed by atoms with Gasteiger partial charge in [-0.2, -0.15) is 0 Å². The van der Waals surface area contributed by atoms with Crippen molar-refractivity contribution in [3.63, 3.8) is 0 Å². The molecule has 35 heavy (non-hydrogen) atoms. The average Bonchev–Trinajstić information content (AvgIpc) is 3.54. The lowest BCUT2D eigenvalue weighted by molar-refractivity contribution is -0.143. The van der Waals surface area contributed by atoms with Gasteiger partial charge in [0, 0.05) is 25.8 Å². The number of carbonyl (C=O) groups excluding carboxylic acids is 2. The summed E-state index contributed by atoms with van der Waals surface area (Å²) < 4.78 is 23.2. The molecule has 0 aliphatic carbocycles. The summed E-state index contributed by atoms with van der Waals surface area (Å²) in [6.45, 7) is 12.4. The molecule has 7 heteroatoms. The maximum Gasteiger partial charge on any atom is 0.303 e. The molecule has 0 aromatic rings. The maximum atomic E-state index is 12.3. The Morgan fingerprint density at radius 3 is 2.57 bits per heavy atom. The first-order valence-corrected chi connectivity index (χ1v) is 13.0. The summed E-state index contributed by atoms with van der Waals surface area (Å²) in [5, 5.41) is 3.03. The number of epoxide rings is 1. The lowest BCUT2D eigenvalue weighted by atomic mass is 9.88. The van der Waals surface area contributed by atoms with Crippen LogP contribution >= 0.6 is 0 Å². The van der Waals surface area contributed by atoms with Crippen LogP contribution in [0, 0.1) is 5.92 Å². The number of amides is 1. The van der Waals surface area contributed by atoms with E-state index in [2.05, 4.69) is 44.3 Å². The summed E-state index contributed by atoms with van der Waals surface area (Å²) in [6, 6.07) is -0.0562. The van der Waals surface area contributed by atoms with E-state index >= 15 is 0 Å². The van der Waals surface area contributed by atoms with Crippen LogP contribution in [-0.2, 0) is 28.5 Å². The number of esters is 1. The van der Waals surface area contributed by atoms with Crippen molar-refractivity contribution in [2.75, 3.05) is 6.61 Å². The van der Waals surface area contributed by atoms with Crippen LogP contribution in [0.5, 0.6) is 0 Å². The Morgan fingerprint density at radius 1 is 1.17 bits per heavy atom. The van der Waals surface area contributed by atoms with Crippen LogP contribution in [0.4, 0.5) is 0 Å². The number of nitrogens with one attached hydrogen (secondary N) is 1. The third-order valence-corrected chi connectivity index (χ3v) is 7.21. The van der Waals surface area contributed by atoms with Gasteiger partial charge in [0.05, 0.1) is 42.7 Å². The Labute approximate surface area is 210 Å². The number of rotatable bonds is 9. The molecule has 0 saturated carbocycles. The molecule has 0 bridgehead atoms. The van der Waals surface area contributed by atoms with Gasteiger partial charge < -0.3 is 24.3 Å². The molecule has 0 aromatic heterocycles. The zero-order valence-electron chi connectivity index (χ0n) is 22.1. The second-order valence-electron chi connectivity index (χ2n) is 10.5. The number of hydrogen-bond acceptors (Lipinski definition) is 6. The molecule has 1 amide bonds. The fraction of sp³-hybridized carbons (Fsp3) is 0.714. The molecule has 1 spiro atoms. The Bertz CT molecular complexity index is 829. The normalized spacial score (nSPS) is 36.5. The van der Waals surface area contributed by atoms with Crippen LogP contribution in [0.1, 0.15) is 73.6 Å². The Morgan fingerprint density at radius 2 is 1.91 bits per heavy atom. The zero-order chi connectivity index (χ0) is 25.6. The standard InChI is InChI=1S/C28H43NO6/c1-7-23-15-28(17-32-28)16-24(35-23)11-8-18(2)9-12-26-19(3)14-25(21(5)34-26)29-27(31)13-10-20(4)33-22(6)30/h8-11,13,19-21,23-26H,7,12,14-17H2,1-6H3,(H,29,31)/b11-8+,13-10-,18-9+/t19?,20?,21?,23-,24?,25?,26?,28?/m1/s1. The fourth-order valence-corrected chi connectivity index (χ4v) is 5.00. The van der Waals surface area contributed by atoms with E-state index in [1.807, 2.05) is 6.92 Å². The quantitative estimate of drug-likeness (QED) is 0.223. The summed E-state index contributed by atoms with van der Waals surface area (Å²) in [5.41, 5.74) is 1.26. The van der Waals surface area contributed by atoms with Gasteiger partial charge in [-0.1, -0.05) is 37.6 Å². The molecule has 0 aromatic carbocycles. The highest BCUT2D eigenvalue weighted by atomic mass is 16.6. The number of hydrogen-bond donors (Lipinski definition) is 1. The highest BCUT2D eigenvalue weighted by Crippen LogP contribution is 2.43. The second kappa shape index (κ2) is 12.3. The van der Waals surface area contributed by atoms with Crippen LogP contribution < -0.4 is 5.32 Å². The van der Waals surface area contributed by atoms with Gasteiger partial charge in [0.25, 0.3) is 0 Å². The molecule has 7 unspecified atom stereocenters. The van der Waals surface area contributed by atoms with Crippen molar-refractivity contribution in [3.05, 3.63) is 36.0 Å². The Balaban J connectivity index is 1.45. The summed E-state index contributed by atoms with van der Waals surface area (Å²) >= 11 is 0. The fourth-order valence-electron chi connectivity index (χ4n) is 5.00. The van der Waals surface area contributed by atoms with Crippen molar-refractivity contribution in [2.45, 2.75) is 116 Å². The molecule has 1 N–H and O–H groups in total. The largest absolute Gasteiger partial charge is 0.459 e. The number of carbonyl (C=O) groups is 2. The highest BCUT2D eigenvalue weighted by molar-refractivity contribution is 5.87. The van der Waals surface area contributed by atoms with Crippen molar-refractivity contribution in [2.24, 2.45) is 5.92 Å². The second-order valence-corrected chi connectivity index (χ2v) is 10.5. The van der Waals surface area contributed by atoms with Gasteiger partial charge in [-0.3, -0.25) is 9.59 Å². The van der Waals surface area contributed by atoms with Crippen LogP contribution in [0.2, 0.25) is 0 Å². The molecule has 3 aliphatic rings. The van der Waals surface area contributed by atoms with Gasteiger partial charge in [-0.25, -0.2) is 0 Å². The van der Waals surface area contributed by atoms with E-state index in [1.54, 1.807) is 13.0 Å². The molecule has 3 heterocycles. The molecular weight excluding hydrogens is 446 g/mol. The topological polar surface area (TPSA) is 86.4 Å². The maximum absolute atomic E-state index is 12.3.